The topological polar surface area (TPSA) is 156 Å². The first kappa shape index (κ1) is 23.2. The second kappa shape index (κ2) is 8.89. The molecule has 0 saturated carbocycles. The van der Waals surface area contributed by atoms with Crippen molar-refractivity contribution >= 4 is 31.0 Å². The van der Waals surface area contributed by atoms with Crippen molar-refractivity contribution in [2.24, 2.45) is 0 Å². The number of nitro groups is 1. The highest BCUT2D eigenvalue weighted by Crippen LogP contribution is 2.28. The van der Waals surface area contributed by atoms with Gasteiger partial charge >= 0.3 is 0 Å². The van der Waals surface area contributed by atoms with Gasteiger partial charge in [-0.2, -0.15) is 0 Å². The fourth-order valence-corrected chi connectivity index (χ4v) is 3.77. The van der Waals surface area contributed by atoms with E-state index in [0.29, 0.717) is 11.4 Å². The average molecular weight is 432 g/mol. The smallest absolute Gasteiger partial charge is 0.271 e. The molecule has 0 aliphatic heterocycles. The van der Waals surface area contributed by atoms with Gasteiger partial charge in [0.15, 0.2) is 19.7 Å². The Bertz CT molecular complexity index is 1080. The summed E-state index contributed by atoms with van der Waals surface area (Å²) in [6, 6.07) is 7.93. The number of ether oxygens (including phenoxy) is 2. The summed E-state index contributed by atoms with van der Waals surface area (Å²) in [6.07, 6.45) is 2.08. The van der Waals surface area contributed by atoms with Crippen LogP contribution in [0, 0.1) is 10.1 Å². The molecule has 28 heavy (non-hydrogen) atoms. The summed E-state index contributed by atoms with van der Waals surface area (Å²) in [4.78, 5) is 9.73. The zero-order valence-corrected chi connectivity index (χ0v) is 17.2. The number of nitrogens with two attached hydrogens (primary N) is 1. The van der Waals surface area contributed by atoms with Gasteiger partial charge in [0.05, 0.1) is 19.1 Å². The molecule has 0 atom stereocenters. The van der Waals surface area contributed by atoms with Crippen molar-refractivity contribution in [3.8, 4) is 11.5 Å². The summed E-state index contributed by atoms with van der Waals surface area (Å²) < 4.78 is 54.7. The predicted molar refractivity (Wildman–Crippen MR) is 103 cm³/mol. The van der Waals surface area contributed by atoms with Crippen molar-refractivity contribution < 1.29 is 31.2 Å². The lowest BCUT2D eigenvalue weighted by Crippen LogP contribution is -2.01. The van der Waals surface area contributed by atoms with Gasteiger partial charge in [0.2, 0.25) is 0 Å². The first-order chi connectivity index (χ1) is 12.8. The molecule has 12 heteroatoms. The molecule has 154 valence electrons. The first-order valence-corrected chi connectivity index (χ1v) is 11.3. The Morgan fingerprint density at radius 1 is 0.857 bits per heavy atom. The van der Waals surface area contributed by atoms with Crippen LogP contribution in [-0.4, -0.2) is 48.5 Å². The lowest BCUT2D eigenvalue weighted by Gasteiger charge is -2.06. The Kier molecular flexibility index (Phi) is 7.36. The number of nitrogen functional groups attached to an aromatic ring is 1. The second-order valence-electron chi connectivity index (χ2n) is 5.55. The van der Waals surface area contributed by atoms with Crippen molar-refractivity contribution in [1.82, 2.24) is 0 Å². The van der Waals surface area contributed by atoms with E-state index in [1.807, 2.05) is 0 Å². The van der Waals surface area contributed by atoms with Crippen LogP contribution in [0.2, 0.25) is 0 Å². The van der Waals surface area contributed by atoms with E-state index in [9.17, 15) is 26.9 Å². The maximum absolute atomic E-state index is 11.3. The minimum atomic E-state index is -3.53. The van der Waals surface area contributed by atoms with Gasteiger partial charge in [0.25, 0.3) is 5.69 Å². The number of sulfone groups is 2. The standard InChI is InChI=1S/C8H9NO5S.C8H11NO3S/c1-14-7-4-3-6(9(10)11)5-8(7)15(2,12)13;1-12-7-4-3-6(9)5-8(7)13(2,10)11/h3-5H,1-2H3;3-5H,9H2,1-2H3. The highest BCUT2D eigenvalue weighted by Gasteiger charge is 2.18. The van der Waals surface area contributed by atoms with E-state index in [4.69, 9.17) is 15.2 Å². The molecule has 0 aromatic heterocycles. The van der Waals surface area contributed by atoms with Gasteiger partial charge in [-0.05, 0) is 24.3 Å². The molecule has 0 fully saturated rings. The summed E-state index contributed by atoms with van der Waals surface area (Å²) in [5.41, 5.74) is 5.58. The van der Waals surface area contributed by atoms with E-state index in [1.165, 1.54) is 38.5 Å². The van der Waals surface area contributed by atoms with Crippen molar-refractivity contribution in [2.45, 2.75) is 9.79 Å². The fourth-order valence-electron chi connectivity index (χ4n) is 2.05. The number of nitrogens with zero attached hydrogens (tertiary/aromatic N) is 1. The third kappa shape index (κ3) is 6.09. The highest BCUT2D eigenvalue weighted by molar-refractivity contribution is 7.91. The van der Waals surface area contributed by atoms with E-state index in [2.05, 4.69) is 0 Å². The Morgan fingerprint density at radius 3 is 1.68 bits per heavy atom. The van der Waals surface area contributed by atoms with Crippen LogP contribution in [0.1, 0.15) is 0 Å². The van der Waals surface area contributed by atoms with E-state index in [0.717, 1.165) is 18.6 Å². The Hall–Kier alpha value is -2.86. The molecule has 0 radical (unpaired) electrons. The van der Waals surface area contributed by atoms with Crippen LogP contribution in [0.3, 0.4) is 0 Å². The maximum Gasteiger partial charge on any atom is 0.271 e. The fraction of sp³-hybridized carbons (Fsp3) is 0.250. The highest BCUT2D eigenvalue weighted by atomic mass is 32.2. The van der Waals surface area contributed by atoms with Gasteiger partial charge in [-0.3, -0.25) is 10.1 Å². The van der Waals surface area contributed by atoms with Crippen LogP contribution in [0.25, 0.3) is 0 Å². The molecule has 2 aromatic rings. The molecule has 0 spiro atoms. The lowest BCUT2D eigenvalue weighted by atomic mass is 10.3. The summed E-state index contributed by atoms with van der Waals surface area (Å²) in [5, 5.41) is 10.4. The molecule has 0 saturated heterocycles. The molecule has 2 N–H and O–H groups in total. The summed E-state index contributed by atoms with van der Waals surface area (Å²) >= 11 is 0. The van der Waals surface area contributed by atoms with E-state index in [1.54, 1.807) is 6.07 Å². The Balaban J connectivity index is 0.000000283. The van der Waals surface area contributed by atoms with Crippen LogP contribution >= 0.6 is 0 Å². The molecular weight excluding hydrogens is 412 g/mol. The Labute approximate surface area is 162 Å². The summed E-state index contributed by atoms with van der Waals surface area (Å²) in [7, 11) is -4.09. The number of hydrogen-bond acceptors (Lipinski definition) is 9. The molecule has 0 aliphatic rings. The van der Waals surface area contributed by atoms with Crippen molar-refractivity contribution in [1.29, 1.82) is 0 Å². The number of anilines is 1. The predicted octanol–water partition coefficient (Wildman–Crippen LogP) is 1.69. The zero-order valence-electron chi connectivity index (χ0n) is 15.6. The van der Waals surface area contributed by atoms with Crippen molar-refractivity contribution in [2.75, 3.05) is 32.5 Å². The molecule has 2 rings (SSSR count). The molecule has 0 amide bonds. The minimum absolute atomic E-state index is 0.100. The second-order valence-corrected chi connectivity index (χ2v) is 9.52. The van der Waals surface area contributed by atoms with Crippen LogP contribution in [-0.2, 0) is 19.7 Å². The number of nitro benzene ring substituents is 1. The first-order valence-electron chi connectivity index (χ1n) is 7.47. The normalized spacial score (nSPS) is 11.1. The SMILES string of the molecule is COc1ccc(N)cc1S(C)(=O)=O.COc1ccc([N+](=O)[O-])cc1S(C)(=O)=O. The summed E-state index contributed by atoms with van der Waals surface area (Å²) in [5.74, 6) is 0.416. The van der Waals surface area contributed by atoms with Crippen molar-refractivity contribution in [3.63, 3.8) is 0 Å². The largest absolute Gasteiger partial charge is 0.495 e. The van der Waals surface area contributed by atoms with Gasteiger partial charge in [0.1, 0.15) is 21.3 Å². The number of hydrogen-bond donors (Lipinski definition) is 1. The van der Waals surface area contributed by atoms with Gasteiger partial charge in [-0.15, -0.1) is 0 Å². The van der Waals surface area contributed by atoms with Crippen molar-refractivity contribution in [3.05, 3.63) is 46.5 Å². The monoisotopic (exact) mass is 432 g/mol. The number of non-ortho nitro benzene ring substituents is 1. The van der Waals surface area contributed by atoms with Crippen LogP contribution in [0.4, 0.5) is 11.4 Å². The van der Waals surface area contributed by atoms with Gasteiger partial charge in [-0.1, -0.05) is 0 Å². The lowest BCUT2D eigenvalue weighted by molar-refractivity contribution is -0.385. The van der Waals surface area contributed by atoms with E-state index in [-0.39, 0.29) is 21.2 Å². The zero-order chi connectivity index (χ0) is 21.7. The number of benzene rings is 2. The van der Waals surface area contributed by atoms with Crippen LogP contribution in [0.5, 0.6) is 11.5 Å². The minimum Gasteiger partial charge on any atom is -0.495 e. The molecule has 0 heterocycles. The quantitative estimate of drug-likeness (QED) is 0.422. The van der Waals surface area contributed by atoms with Gasteiger partial charge in [0, 0.05) is 30.3 Å². The number of rotatable bonds is 5. The van der Waals surface area contributed by atoms with E-state index < -0.39 is 24.6 Å². The molecule has 2 aromatic carbocycles. The molecule has 0 unspecified atom stereocenters. The van der Waals surface area contributed by atoms with Crippen LogP contribution < -0.4 is 15.2 Å². The summed E-state index contributed by atoms with van der Waals surface area (Å²) in [6.45, 7) is 0. The third-order valence-electron chi connectivity index (χ3n) is 3.34. The maximum atomic E-state index is 11.3. The van der Waals surface area contributed by atoms with E-state index >= 15 is 0 Å². The van der Waals surface area contributed by atoms with Crippen LogP contribution in [0.15, 0.2) is 46.2 Å². The van der Waals surface area contributed by atoms with Gasteiger partial charge < -0.3 is 15.2 Å². The third-order valence-corrected chi connectivity index (χ3v) is 5.58. The molecular formula is C16H20N2O8S2. The van der Waals surface area contributed by atoms with Gasteiger partial charge in [-0.25, -0.2) is 16.8 Å². The molecule has 0 bridgehead atoms. The Morgan fingerprint density at radius 2 is 1.29 bits per heavy atom. The number of methoxy groups -OCH3 is 2. The molecule has 10 nitrogen and oxygen atoms in total. The molecule has 0 aliphatic carbocycles. The average Bonchev–Trinajstić information content (AvgIpc) is 2.60.